The van der Waals surface area contributed by atoms with Crippen molar-refractivity contribution in [3.8, 4) is 0 Å². The Bertz CT molecular complexity index is 1150. The highest BCUT2D eigenvalue weighted by atomic mass is 31.3. The maximum absolute atomic E-state index is 12.1. The van der Waals surface area contributed by atoms with Gasteiger partial charge in [-0.2, -0.15) is 8.62 Å². The van der Waals surface area contributed by atoms with Gasteiger partial charge in [-0.05, 0) is 24.0 Å². The zero-order chi connectivity index (χ0) is 23.7. The summed E-state index contributed by atoms with van der Waals surface area (Å²) in [7, 11) is -16.6. The fraction of sp³-hybridized carbons (Fsp3) is 0.600. The number of hydrogen-bond donors (Lipinski definition) is 5. The molecular weight excluding hydrogens is 491 g/mol. The molecule has 0 spiro atoms. The monoisotopic (exact) mass is 507 g/mol. The lowest BCUT2D eigenvalue weighted by molar-refractivity contribution is -0.108. The lowest BCUT2D eigenvalue weighted by Gasteiger charge is -2.26. The van der Waals surface area contributed by atoms with E-state index in [2.05, 4.69) is 23.2 Å². The number of ether oxygens (including phenoxy) is 1. The molecule has 21 heteroatoms. The quantitative estimate of drug-likeness (QED) is 0.130. The first-order valence-corrected chi connectivity index (χ1v) is 12.5. The first-order valence-electron chi connectivity index (χ1n) is 7.94. The molecule has 18 nitrogen and oxygen atoms in total. The van der Waals surface area contributed by atoms with Gasteiger partial charge in [-0.25, -0.2) is 18.5 Å². The summed E-state index contributed by atoms with van der Waals surface area (Å²) in [6.07, 6.45) is -0.179. The number of nitrogens with one attached hydrogen (secondary N) is 1. The lowest BCUT2D eigenvalue weighted by atomic mass is 10.2. The van der Waals surface area contributed by atoms with E-state index in [-0.39, 0.29) is 18.4 Å². The van der Waals surface area contributed by atoms with Gasteiger partial charge in [0.2, 0.25) is 5.85 Å². The molecule has 0 amide bonds. The number of nitrogens with zero attached hydrogens (tertiary/aromatic N) is 4. The van der Waals surface area contributed by atoms with E-state index in [1.54, 1.807) is 0 Å². The number of azide groups is 1. The minimum Gasteiger partial charge on any atom is -0.344 e. The van der Waals surface area contributed by atoms with Crippen LogP contribution >= 0.6 is 23.5 Å². The predicted molar refractivity (Wildman–Crippen MR) is 97.1 cm³/mol. The van der Waals surface area contributed by atoms with Crippen molar-refractivity contribution in [3.63, 3.8) is 0 Å². The van der Waals surface area contributed by atoms with Crippen LogP contribution in [0.4, 0.5) is 0 Å². The highest BCUT2D eigenvalue weighted by Crippen LogP contribution is 2.66. The molecule has 0 saturated carbocycles. The Morgan fingerprint density at radius 2 is 1.94 bits per heavy atom. The standard InChI is InChI=1S/C10H16N5O13P3/c1-6-4-15(9(17)12-8(6)16)10(13-14-11)3-2-7(26-10)5-25-30(21,22)28-31(23,24)27-29(18,19)20/h4,7H,2-3,5H2,1H3,(H,21,22)(H,23,24)(H,12,16,17)(H2,18,19,20)/t7-,10-/m0/s1. The number of rotatable bonds is 9. The Morgan fingerprint density at radius 3 is 2.52 bits per heavy atom. The van der Waals surface area contributed by atoms with Gasteiger partial charge < -0.3 is 24.3 Å². The van der Waals surface area contributed by atoms with E-state index in [0.29, 0.717) is 0 Å². The van der Waals surface area contributed by atoms with E-state index >= 15 is 0 Å². The van der Waals surface area contributed by atoms with Crippen molar-refractivity contribution in [1.29, 1.82) is 0 Å². The van der Waals surface area contributed by atoms with Crippen molar-refractivity contribution in [2.45, 2.75) is 31.7 Å². The third-order valence-corrected chi connectivity index (χ3v) is 7.49. The molecule has 2 heterocycles. The highest BCUT2D eigenvalue weighted by molar-refractivity contribution is 7.66. The molecule has 2 unspecified atom stereocenters. The summed E-state index contributed by atoms with van der Waals surface area (Å²) in [6, 6.07) is 0. The summed E-state index contributed by atoms with van der Waals surface area (Å²) in [5.74, 6) is -1.95. The van der Waals surface area contributed by atoms with Crippen LogP contribution in [-0.4, -0.2) is 41.8 Å². The largest absolute Gasteiger partial charge is 0.490 e. The number of aromatic nitrogens is 2. The van der Waals surface area contributed by atoms with Crippen LogP contribution in [0.1, 0.15) is 18.4 Å². The molecule has 4 atom stereocenters. The Balaban J connectivity index is 2.15. The highest BCUT2D eigenvalue weighted by Gasteiger charge is 2.45. The van der Waals surface area contributed by atoms with Crippen LogP contribution in [0.25, 0.3) is 10.4 Å². The van der Waals surface area contributed by atoms with Gasteiger partial charge in [-0.3, -0.25) is 18.9 Å². The molecular formula is C10H16N5O13P3. The molecule has 1 aliphatic heterocycles. The minimum absolute atomic E-state index is 0.0145. The van der Waals surface area contributed by atoms with E-state index in [1.807, 2.05) is 4.98 Å². The SMILES string of the molecule is Cc1cn([C@@]2(N=[N+]=[N-])CC[C@@H](COP(=O)(O)OP(=O)(O)OP(=O)(O)O)O2)c(=O)[nH]c1=O. The van der Waals surface area contributed by atoms with Gasteiger partial charge in [-0.1, -0.05) is 0 Å². The predicted octanol–water partition coefficient (Wildman–Crippen LogP) is 0.288. The summed E-state index contributed by atoms with van der Waals surface area (Å²) >= 11 is 0. The number of hydrogen-bond acceptors (Lipinski definition) is 10. The normalized spacial score (nSPS) is 25.4. The first kappa shape index (κ1) is 25.6. The Morgan fingerprint density at radius 1 is 1.29 bits per heavy atom. The number of phosphoric acid groups is 3. The van der Waals surface area contributed by atoms with Crippen molar-refractivity contribution in [3.05, 3.63) is 43.0 Å². The second-order valence-electron chi connectivity index (χ2n) is 6.04. The summed E-state index contributed by atoms with van der Waals surface area (Å²) in [6.45, 7) is 0.573. The van der Waals surface area contributed by atoms with Crippen LogP contribution in [-0.2, 0) is 37.4 Å². The topological polar surface area (TPSA) is 273 Å². The molecule has 5 N–H and O–H groups in total. The van der Waals surface area contributed by atoms with E-state index in [9.17, 15) is 28.2 Å². The average molecular weight is 507 g/mol. The molecule has 1 aromatic rings. The van der Waals surface area contributed by atoms with E-state index in [4.69, 9.17) is 24.9 Å². The van der Waals surface area contributed by atoms with Gasteiger partial charge in [-0.15, -0.1) is 0 Å². The lowest BCUT2D eigenvalue weighted by Crippen LogP contribution is -2.43. The van der Waals surface area contributed by atoms with E-state index in [0.717, 1.165) is 10.8 Å². The Labute approximate surface area is 171 Å². The van der Waals surface area contributed by atoms with E-state index in [1.165, 1.54) is 6.92 Å². The van der Waals surface area contributed by atoms with Crippen LogP contribution < -0.4 is 11.2 Å². The fourth-order valence-corrected chi connectivity index (χ4v) is 5.58. The summed E-state index contributed by atoms with van der Waals surface area (Å²) in [5, 5.41) is 3.44. The zero-order valence-electron chi connectivity index (χ0n) is 15.4. The molecule has 0 bridgehead atoms. The summed E-state index contributed by atoms with van der Waals surface area (Å²) in [4.78, 5) is 63.8. The van der Waals surface area contributed by atoms with Crippen molar-refractivity contribution < 1.29 is 51.2 Å². The van der Waals surface area contributed by atoms with Crippen LogP contribution in [0.2, 0.25) is 0 Å². The Kier molecular flexibility index (Phi) is 7.50. The number of H-pyrrole nitrogens is 1. The van der Waals surface area contributed by atoms with Crippen molar-refractivity contribution >= 4 is 23.5 Å². The molecule has 0 radical (unpaired) electrons. The van der Waals surface area contributed by atoms with E-state index < -0.39 is 53.3 Å². The molecule has 1 aliphatic rings. The van der Waals surface area contributed by atoms with Crippen LogP contribution in [0.15, 0.2) is 20.9 Å². The second-order valence-corrected chi connectivity index (χ2v) is 10.5. The Hall–Kier alpha value is -1.64. The van der Waals surface area contributed by atoms with Gasteiger partial charge in [0, 0.05) is 23.1 Å². The van der Waals surface area contributed by atoms with Crippen molar-refractivity contribution in [2.24, 2.45) is 5.11 Å². The molecule has 1 saturated heterocycles. The number of aromatic amines is 1. The third kappa shape index (κ3) is 6.92. The molecule has 0 aromatic carbocycles. The van der Waals surface area contributed by atoms with Crippen LogP contribution in [0, 0.1) is 6.92 Å². The number of aryl methyl sites for hydroxylation is 1. The van der Waals surface area contributed by atoms with Gasteiger partial charge in [0.15, 0.2) is 0 Å². The molecule has 1 aromatic heterocycles. The zero-order valence-corrected chi connectivity index (χ0v) is 18.1. The molecule has 31 heavy (non-hydrogen) atoms. The maximum Gasteiger partial charge on any atom is 0.490 e. The summed E-state index contributed by atoms with van der Waals surface area (Å²) < 4.78 is 51.6. The van der Waals surface area contributed by atoms with Gasteiger partial charge >= 0.3 is 29.2 Å². The maximum atomic E-state index is 12.1. The van der Waals surface area contributed by atoms with Crippen LogP contribution in [0.5, 0.6) is 0 Å². The average Bonchev–Trinajstić information content (AvgIpc) is 2.97. The summed E-state index contributed by atoms with van der Waals surface area (Å²) in [5.41, 5.74) is 7.30. The smallest absolute Gasteiger partial charge is 0.344 e. The first-order chi connectivity index (χ1) is 14.1. The van der Waals surface area contributed by atoms with Crippen LogP contribution in [0.3, 0.4) is 0 Å². The van der Waals surface area contributed by atoms with Gasteiger partial charge in [0.05, 0.1) is 12.7 Å². The van der Waals surface area contributed by atoms with Crippen molar-refractivity contribution in [1.82, 2.24) is 9.55 Å². The molecule has 174 valence electrons. The molecule has 1 fully saturated rings. The van der Waals surface area contributed by atoms with Gasteiger partial charge in [0.25, 0.3) is 5.56 Å². The molecule has 2 rings (SSSR count). The minimum atomic E-state index is -5.69. The fourth-order valence-electron chi connectivity index (χ4n) is 2.53. The van der Waals surface area contributed by atoms with Crippen molar-refractivity contribution in [2.75, 3.05) is 6.61 Å². The van der Waals surface area contributed by atoms with Gasteiger partial charge in [0.1, 0.15) is 0 Å². The second kappa shape index (κ2) is 9.08. The molecule has 0 aliphatic carbocycles. The third-order valence-electron chi connectivity index (χ3n) is 3.68. The number of phosphoric ester groups is 1.